The van der Waals surface area contributed by atoms with Gasteiger partial charge in [-0.3, -0.25) is 4.79 Å². The lowest BCUT2D eigenvalue weighted by molar-refractivity contribution is -0.201. The minimum atomic E-state index is -0.805. The number of aliphatic carboxylic acids is 1. The summed E-state index contributed by atoms with van der Waals surface area (Å²) >= 11 is 0. The molecule has 70 valence electrons. The SMILES string of the molecule is C=C(CSSCCC(=O)O)OO. The maximum absolute atomic E-state index is 10.0. The Morgan fingerprint density at radius 1 is 1.50 bits per heavy atom. The molecule has 0 atom stereocenters. The summed E-state index contributed by atoms with van der Waals surface area (Å²) in [6.07, 6.45) is 0.143. The third-order valence-electron chi connectivity index (χ3n) is 0.832. The van der Waals surface area contributed by atoms with E-state index < -0.39 is 5.97 Å². The summed E-state index contributed by atoms with van der Waals surface area (Å²) < 4.78 is 0. The third-order valence-corrected chi connectivity index (χ3v) is 3.16. The second kappa shape index (κ2) is 7.33. The molecule has 0 aromatic heterocycles. The molecule has 0 aliphatic carbocycles. The van der Waals surface area contributed by atoms with Gasteiger partial charge >= 0.3 is 5.97 Å². The summed E-state index contributed by atoms with van der Waals surface area (Å²) in [7, 11) is 2.81. The van der Waals surface area contributed by atoms with Crippen LogP contribution in [0.2, 0.25) is 0 Å². The van der Waals surface area contributed by atoms with Crippen molar-refractivity contribution in [3.8, 4) is 0 Å². The highest BCUT2D eigenvalue weighted by Gasteiger charge is 1.98. The number of carbonyl (C=O) groups is 1. The first-order valence-electron chi connectivity index (χ1n) is 3.12. The molecule has 0 radical (unpaired) electrons. The van der Waals surface area contributed by atoms with Crippen LogP contribution in [0.15, 0.2) is 12.3 Å². The highest BCUT2D eigenvalue weighted by Crippen LogP contribution is 2.23. The highest BCUT2D eigenvalue weighted by atomic mass is 33.1. The number of hydrogen-bond donors (Lipinski definition) is 2. The van der Waals surface area contributed by atoms with Gasteiger partial charge in [0, 0.05) is 5.75 Å². The minimum Gasteiger partial charge on any atom is -0.481 e. The predicted octanol–water partition coefficient (Wildman–Crippen LogP) is 1.85. The molecule has 0 fully saturated rings. The Morgan fingerprint density at radius 2 is 2.17 bits per heavy atom. The molecule has 0 saturated heterocycles. The average Bonchev–Trinajstić information content (AvgIpc) is 2.03. The summed E-state index contributed by atoms with van der Waals surface area (Å²) in [4.78, 5) is 13.9. The van der Waals surface area contributed by atoms with E-state index >= 15 is 0 Å². The molecule has 2 N–H and O–H groups in total. The fraction of sp³-hybridized carbons (Fsp3) is 0.500. The van der Waals surface area contributed by atoms with Gasteiger partial charge in [-0.15, -0.1) is 0 Å². The van der Waals surface area contributed by atoms with E-state index in [-0.39, 0.29) is 12.2 Å². The average molecular weight is 210 g/mol. The largest absolute Gasteiger partial charge is 0.481 e. The summed E-state index contributed by atoms with van der Waals surface area (Å²) in [6, 6.07) is 0. The molecule has 0 aliphatic rings. The van der Waals surface area contributed by atoms with Crippen LogP contribution in [-0.2, 0) is 9.68 Å². The molecule has 0 spiro atoms. The van der Waals surface area contributed by atoms with Crippen LogP contribution >= 0.6 is 21.6 Å². The molecule has 0 unspecified atom stereocenters. The van der Waals surface area contributed by atoms with Crippen molar-refractivity contribution < 1.29 is 20.0 Å². The van der Waals surface area contributed by atoms with Crippen molar-refractivity contribution >= 4 is 27.6 Å². The van der Waals surface area contributed by atoms with E-state index in [0.29, 0.717) is 11.5 Å². The maximum atomic E-state index is 10.0. The summed E-state index contributed by atoms with van der Waals surface area (Å²) in [5.41, 5.74) is 0. The molecular weight excluding hydrogens is 200 g/mol. The lowest BCUT2D eigenvalue weighted by Crippen LogP contribution is -1.95. The minimum absolute atomic E-state index is 0.143. The van der Waals surface area contributed by atoms with Gasteiger partial charge in [-0.05, 0) is 0 Å². The highest BCUT2D eigenvalue weighted by molar-refractivity contribution is 8.76. The summed E-state index contributed by atoms with van der Waals surface area (Å²) in [6.45, 7) is 3.38. The Labute approximate surface area is 78.3 Å². The van der Waals surface area contributed by atoms with Crippen LogP contribution in [0.3, 0.4) is 0 Å². The molecule has 6 heteroatoms. The van der Waals surface area contributed by atoms with E-state index in [1.807, 2.05) is 0 Å². The van der Waals surface area contributed by atoms with Crippen molar-refractivity contribution in [2.24, 2.45) is 0 Å². The van der Waals surface area contributed by atoms with Gasteiger partial charge in [-0.1, -0.05) is 28.2 Å². The monoisotopic (exact) mass is 210 g/mol. The normalized spacial score (nSPS) is 9.42. The molecule has 0 amide bonds. The van der Waals surface area contributed by atoms with Crippen molar-refractivity contribution in [1.82, 2.24) is 0 Å². The molecular formula is C6H10O4S2. The Bertz CT molecular complexity index is 160. The van der Waals surface area contributed by atoms with Crippen molar-refractivity contribution in [1.29, 1.82) is 0 Å². The molecule has 0 bridgehead atoms. The van der Waals surface area contributed by atoms with Gasteiger partial charge in [-0.2, -0.15) is 0 Å². The summed E-state index contributed by atoms with van der Waals surface area (Å²) in [5.74, 6) is 0.461. The molecule has 12 heavy (non-hydrogen) atoms. The van der Waals surface area contributed by atoms with Crippen LogP contribution < -0.4 is 0 Å². The molecule has 0 saturated carbocycles. The molecule has 0 aromatic rings. The standard InChI is InChI=1S/C6H10O4S2/c1-5(10-9)4-12-11-3-2-6(7)8/h9H,1-4H2,(H,7,8). The predicted molar refractivity (Wildman–Crippen MR) is 50.0 cm³/mol. The van der Waals surface area contributed by atoms with Gasteiger partial charge in [0.2, 0.25) is 0 Å². The quantitative estimate of drug-likeness (QED) is 0.220. The van der Waals surface area contributed by atoms with Crippen LogP contribution in [0, 0.1) is 0 Å². The van der Waals surface area contributed by atoms with E-state index in [4.69, 9.17) is 10.4 Å². The molecule has 0 aliphatic heterocycles. The Hall–Kier alpha value is -0.330. The molecule has 4 nitrogen and oxygen atoms in total. The Kier molecular flexibility index (Phi) is 7.12. The third kappa shape index (κ3) is 7.77. The number of carboxylic acid groups (broad SMARTS) is 1. The fourth-order valence-electron chi connectivity index (χ4n) is 0.322. The van der Waals surface area contributed by atoms with E-state index in [1.165, 1.54) is 21.6 Å². The Balaban J connectivity index is 3.11. The van der Waals surface area contributed by atoms with Gasteiger partial charge in [0.05, 0.1) is 12.2 Å². The lowest BCUT2D eigenvalue weighted by atomic mass is 10.5. The number of rotatable bonds is 7. The van der Waals surface area contributed by atoms with Gasteiger partial charge in [0.25, 0.3) is 0 Å². The zero-order valence-electron chi connectivity index (χ0n) is 6.36. The number of hydrogen-bond acceptors (Lipinski definition) is 5. The zero-order chi connectivity index (χ0) is 9.40. The zero-order valence-corrected chi connectivity index (χ0v) is 7.99. The van der Waals surface area contributed by atoms with Crippen LogP contribution in [0.1, 0.15) is 6.42 Å². The maximum Gasteiger partial charge on any atom is 0.304 e. The fourth-order valence-corrected chi connectivity index (χ4v) is 2.21. The van der Waals surface area contributed by atoms with Crippen LogP contribution in [-0.4, -0.2) is 27.8 Å². The topological polar surface area (TPSA) is 66.8 Å². The van der Waals surface area contributed by atoms with E-state index in [9.17, 15) is 4.79 Å². The Morgan fingerprint density at radius 3 is 2.67 bits per heavy atom. The van der Waals surface area contributed by atoms with Gasteiger partial charge in [0.1, 0.15) is 5.76 Å². The smallest absolute Gasteiger partial charge is 0.304 e. The van der Waals surface area contributed by atoms with Gasteiger partial charge in [-0.25, -0.2) is 5.26 Å². The van der Waals surface area contributed by atoms with Crippen molar-refractivity contribution in [2.45, 2.75) is 6.42 Å². The van der Waals surface area contributed by atoms with Crippen molar-refractivity contribution in [3.63, 3.8) is 0 Å². The van der Waals surface area contributed by atoms with Crippen molar-refractivity contribution in [2.75, 3.05) is 11.5 Å². The second-order valence-corrected chi connectivity index (χ2v) is 4.44. The first-order chi connectivity index (χ1) is 5.66. The van der Waals surface area contributed by atoms with E-state index in [0.717, 1.165) is 0 Å². The molecule has 0 rings (SSSR count). The first kappa shape index (κ1) is 11.7. The van der Waals surface area contributed by atoms with Gasteiger partial charge < -0.3 is 9.99 Å². The molecule has 0 aromatic carbocycles. The lowest BCUT2D eigenvalue weighted by Gasteiger charge is -1.99. The van der Waals surface area contributed by atoms with Crippen LogP contribution in [0.4, 0.5) is 0 Å². The van der Waals surface area contributed by atoms with E-state index in [2.05, 4.69) is 11.5 Å². The summed E-state index contributed by atoms with van der Waals surface area (Å²) in [5, 5.41) is 16.3. The first-order valence-corrected chi connectivity index (χ1v) is 5.61. The van der Waals surface area contributed by atoms with Gasteiger partial charge in [0.15, 0.2) is 0 Å². The molecule has 0 heterocycles. The second-order valence-electron chi connectivity index (χ2n) is 1.86. The van der Waals surface area contributed by atoms with Crippen LogP contribution in [0.25, 0.3) is 0 Å². The number of carboxylic acids is 1. The van der Waals surface area contributed by atoms with Crippen LogP contribution in [0.5, 0.6) is 0 Å². The van der Waals surface area contributed by atoms with Crippen molar-refractivity contribution in [3.05, 3.63) is 12.3 Å². The van der Waals surface area contributed by atoms with E-state index in [1.54, 1.807) is 0 Å².